The highest BCUT2D eigenvalue weighted by Gasteiger charge is 2.10. The molecule has 0 spiro atoms. The van der Waals surface area contributed by atoms with Crippen LogP contribution in [0.1, 0.15) is 48.1 Å². The van der Waals surface area contributed by atoms with Crippen LogP contribution in [0.15, 0.2) is 12.1 Å². The topological polar surface area (TPSA) is 20.2 Å². The second-order valence-corrected chi connectivity index (χ2v) is 4.10. The van der Waals surface area contributed by atoms with Gasteiger partial charge in [-0.25, -0.2) is 0 Å². The molecule has 0 amide bonds. The van der Waals surface area contributed by atoms with Gasteiger partial charge in [-0.1, -0.05) is 25.5 Å². The zero-order valence-corrected chi connectivity index (χ0v) is 9.59. The number of hydrogen-bond acceptors (Lipinski definition) is 1. The summed E-state index contributed by atoms with van der Waals surface area (Å²) in [5.41, 5.74) is 4.86. The maximum Gasteiger partial charge on any atom is 0.0792 e. The predicted octanol–water partition coefficient (Wildman–Crippen LogP) is 3.45. The quantitative estimate of drug-likeness (QED) is 0.777. The zero-order valence-electron chi connectivity index (χ0n) is 9.59. The van der Waals surface area contributed by atoms with Crippen molar-refractivity contribution in [1.82, 2.24) is 0 Å². The third-order valence-electron chi connectivity index (χ3n) is 2.80. The molecule has 1 aromatic carbocycles. The van der Waals surface area contributed by atoms with Gasteiger partial charge in [0.05, 0.1) is 6.10 Å². The maximum atomic E-state index is 9.92. The van der Waals surface area contributed by atoms with Crippen molar-refractivity contribution in [1.29, 1.82) is 0 Å². The molecular formula is C13H20O. The first-order valence-corrected chi connectivity index (χ1v) is 5.32. The minimum absolute atomic E-state index is 0.292. The Morgan fingerprint density at radius 1 is 1.07 bits per heavy atom. The Bertz CT molecular complexity index is 315. The molecule has 0 fully saturated rings. The molecule has 1 N–H and O–H groups in total. The van der Waals surface area contributed by atoms with Crippen LogP contribution in [0.3, 0.4) is 0 Å². The highest BCUT2D eigenvalue weighted by molar-refractivity contribution is 5.37. The van der Waals surface area contributed by atoms with Crippen LogP contribution in [0.5, 0.6) is 0 Å². The van der Waals surface area contributed by atoms with Crippen LogP contribution in [0.2, 0.25) is 0 Å². The highest BCUT2D eigenvalue weighted by atomic mass is 16.3. The van der Waals surface area contributed by atoms with E-state index >= 15 is 0 Å². The van der Waals surface area contributed by atoms with Crippen molar-refractivity contribution in [3.8, 4) is 0 Å². The highest BCUT2D eigenvalue weighted by Crippen LogP contribution is 2.24. The van der Waals surface area contributed by atoms with Crippen LogP contribution in [0.4, 0.5) is 0 Å². The second-order valence-electron chi connectivity index (χ2n) is 4.10. The summed E-state index contributed by atoms with van der Waals surface area (Å²) >= 11 is 0. The fourth-order valence-corrected chi connectivity index (χ4v) is 1.77. The largest absolute Gasteiger partial charge is 0.388 e. The molecular weight excluding hydrogens is 172 g/mol. The van der Waals surface area contributed by atoms with E-state index in [1.165, 1.54) is 16.7 Å². The lowest BCUT2D eigenvalue weighted by Gasteiger charge is -2.15. The SMILES string of the molecule is CCCC(O)c1cc(C)c(C)cc1C. The summed E-state index contributed by atoms with van der Waals surface area (Å²) in [7, 11) is 0. The molecule has 1 rings (SSSR count). The molecule has 0 aliphatic rings. The molecule has 1 unspecified atom stereocenters. The van der Waals surface area contributed by atoms with Gasteiger partial charge >= 0.3 is 0 Å². The lowest BCUT2D eigenvalue weighted by molar-refractivity contribution is 0.165. The summed E-state index contributed by atoms with van der Waals surface area (Å²) in [5.74, 6) is 0. The molecule has 1 aromatic rings. The lowest BCUT2D eigenvalue weighted by Crippen LogP contribution is -2.01. The predicted molar refractivity (Wildman–Crippen MR) is 60.5 cm³/mol. The van der Waals surface area contributed by atoms with Gasteiger partial charge in [0.15, 0.2) is 0 Å². The van der Waals surface area contributed by atoms with E-state index in [1.54, 1.807) is 0 Å². The van der Waals surface area contributed by atoms with Crippen molar-refractivity contribution in [3.63, 3.8) is 0 Å². The van der Waals surface area contributed by atoms with E-state index in [-0.39, 0.29) is 6.10 Å². The number of aliphatic hydroxyl groups is 1. The summed E-state index contributed by atoms with van der Waals surface area (Å²) in [4.78, 5) is 0. The molecule has 0 saturated carbocycles. The Hall–Kier alpha value is -0.820. The first-order chi connectivity index (χ1) is 6.56. The number of hydrogen-bond donors (Lipinski definition) is 1. The molecule has 0 radical (unpaired) electrons. The van der Waals surface area contributed by atoms with Gasteiger partial charge in [0.25, 0.3) is 0 Å². The third kappa shape index (κ3) is 2.36. The monoisotopic (exact) mass is 192 g/mol. The van der Waals surface area contributed by atoms with Crippen molar-refractivity contribution in [3.05, 3.63) is 34.4 Å². The van der Waals surface area contributed by atoms with Gasteiger partial charge in [0, 0.05) is 0 Å². The van der Waals surface area contributed by atoms with Crippen molar-refractivity contribution < 1.29 is 5.11 Å². The van der Waals surface area contributed by atoms with E-state index < -0.39 is 0 Å². The Kier molecular flexibility index (Phi) is 3.70. The standard InChI is InChI=1S/C13H20O/c1-5-6-13(14)12-8-10(3)9(2)7-11(12)4/h7-8,13-14H,5-6H2,1-4H3. The molecule has 0 aliphatic heterocycles. The van der Waals surface area contributed by atoms with Gasteiger partial charge in [-0.05, 0) is 49.4 Å². The second kappa shape index (κ2) is 4.61. The average Bonchev–Trinajstić information content (AvgIpc) is 2.11. The molecule has 1 atom stereocenters. The van der Waals surface area contributed by atoms with E-state index in [9.17, 15) is 5.11 Å². The first kappa shape index (κ1) is 11.3. The summed E-state index contributed by atoms with van der Waals surface area (Å²) in [6.07, 6.45) is 1.58. The molecule has 0 saturated heterocycles. The van der Waals surface area contributed by atoms with Crippen LogP contribution in [0.25, 0.3) is 0 Å². The summed E-state index contributed by atoms with van der Waals surface area (Å²) in [6, 6.07) is 4.27. The van der Waals surface area contributed by atoms with Crippen LogP contribution >= 0.6 is 0 Å². The molecule has 0 aliphatic carbocycles. The Morgan fingerprint density at radius 3 is 2.21 bits per heavy atom. The van der Waals surface area contributed by atoms with Crippen molar-refractivity contribution in [2.24, 2.45) is 0 Å². The van der Waals surface area contributed by atoms with Crippen molar-refractivity contribution in [2.75, 3.05) is 0 Å². The summed E-state index contributed by atoms with van der Waals surface area (Å²) in [5, 5.41) is 9.92. The lowest BCUT2D eigenvalue weighted by atomic mass is 9.95. The van der Waals surface area contributed by atoms with Gasteiger partial charge in [-0.2, -0.15) is 0 Å². The Labute approximate surface area is 86.8 Å². The first-order valence-electron chi connectivity index (χ1n) is 5.32. The van der Waals surface area contributed by atoms with E-state index in [4.69, 9.17) is 0 Å². The Balaban J connectivity index is 3.02. The van der Waals surface area contributed by atoms with Crippen molar-refractivity contribution >= 4 is 0 Å². The fourth-order valence-electron chi connectivity index (χ4n) is 1.77. The number of rotatable bonds is 3. The van der Waals surface area contributed by atoms with E-state index in [0.29, 0.717) is 0 Å². The van der Waals surface area contributed by atoms with Crippen LogP contribution in [-0.4, -0.2) is 5.11 Å². The molecule has 1 nitrogen and oxygen atoms in total. The Morgan fingerprint density at radius 2 is 1.64 bits per heavy atom. The van der Waals surface area contributed by atoms with E-state index in [1.807, 2.05) is 0 Å². The van der Waals surface area contributed by atoms with Gasteiger partial charge in [-0.3, -0.25) is 0 Å². The van der Waals surface area contributed by atoms with Crippen LogP contribution < -0.4 is 0 Å². The number of aliphatic hydroxyl groups excluding tert-OH is 1. The third-order valence-corrected chi connectivity index (χ3v) is 2.80. The molecule has 78 valence electrons. The smallest absolute Gasteiger partial charge is 0.0792 e. The van der Waals surface area contributed by atoms with Gasteiger partial charge in [-0.15, -0.1) is 0 Å². The van der Waals surface area contributed by atoms with Gasteiger partial charge in [0.2, 0.25) is 0 Å². The molecule has 0 heterocycles. The van der Waals surface area contributed by atoms with E-state index in [2.05, 4.69) is 39.8 Å². The zero-order chi connectivity index (χ0) is 10.7. The maximum absolute atomic E-state index is 9.92. The number of aryl methyl sites for hydroxylation is 3. The minimum atomic E-state index is -0.292. The van der Waals surface area contributed by atoms with Crippen LogP contribution in [-0.2, 0) is 0 Å². The van der Waals surface area contributed by atoms with Gasteiger partial charge < -0.3 is 5.11 Å². The average molecular weight is 192 g/mol. The molecule has 1 heteroatoms. The van der Waals surface area contributed by atoms with Crippen molar-refractivity contribution in [2.45, 2.75) is 46.6 Å². The van der Waals surface area contributed by atoms with E-state index in [0.717, 1.165) is 18.4 Å². The normalized spacial score (nSPS) is 12.9. The fraction of sp³-hybridized carbons (Fsp3) is 0.538. The number of benzene rings is 1. The summed E-state index contributed by atoms with van der Waals surface area (Å²) in [6.45, 7) is 8.37. The minimum Gasteiger partial charge on any atom is -0.388 e. The van der Waals surface area contributed by atoms with Crippen LogP contribution in [0, 0.1) is 20.8 Å². The molecule has 0 aromatic heterocycles. The van der Waals surface area contributed by atoms with Gasteiger partial charge in [0.1, 0.15) is 0 Å². The summed E-state index contributed by atoms with van der Waals surface area (Å²) < 4.78 is 0. The molecule has 0 bridgehead atoms. The molecule has 14 heavy (non-hydrogen) atoms.